The molecule has 0 aromatic carbocycles. The Balaban J connectivity index is 2.68. The highest BCUT2D eigenvalue weighted by atomic mass is 32.2. The maximum atomic E-state index is 12.2. The van der Waals surface area contributed by atoms with Crippen LogP contribution in [-0.2, 0) is 15.0 Å². The van der Waals surface area contributed by atoms with Gasteiger partial charge >= 0.3 is 5.97 Å². The van der Waals surface area contributed by atoms with Crippen LogP contribution in [0.5, 0.6) is 0 Å². The fourth-order valence-corrected chi connectivity index (χ4v) is 3.67. The number of carboxylic acids is 1. The first-order valence-corrected chi connectivity index (χ1v) is 8.15. The van der Waals surface area contributed by atoms with Gasteiger partial charge in [-0.25, -0.2) is 0 Å². The number of nitrogens with zero attached hydrogens (tertiary/aromatic N) is 1. The minimum Gasteiger partial charge on any atom is -0.481 e. The highest BCUT2D eigenvalue weighted by Crippen LogP contribution is 2.19. The quantitative estimate of drug-likeness (QED) is 0.766. The van der Waals surface area contributed by atoms with E-state index in [0.29, 0.717) is 19.0 Å². The van der Waals surface area contributed by atoms with Crippen molar-refractivity contribution in [2.45, 2.75) is 46.1 Å². The van der Waals surface area contributed by atoms with Crippen molar-refractivity contribution in [2.24, 2.45) is 11.8 Å². The van der Waals surface area contributed by atoms with Crippen LogP contribution in [0.2, 0.25) is 0 Å². The molecule has 1 heterocycles. The van der Waals surface area contributed by atoms with E-state index in [1.54, 1.807) is 0 Å². The van der Waals surface area contributed by atoms with Gasteiger partial charge in [0.2, 0.25) is 0 Å². The standard InChI is InChI=1S/C12H24N2O4S/c1-9(2)11(8-12(15)16)13-19(17,18)14-6-4-10(3)5-7-14/h9-11,13H,4-8H2,1-3H3,(H,15,16). The number of carbonyl (C=O) groups is 1. The van der Waals surface area contributed by atoms with Gasteiger partial charge in [0.25, 0.3) is 10.2 Å². The molecule has 0 saturated carbocycles. The second-order valence-corrected chi connectivity index (χ2v) is 7.36. The van der Waals surface area contributed by atoms with Gasteiger partial charge in [-0.2, -0.15) is 17.4 Å². The van der Waals surface area contributed by atoms with Gasteiger partial charge < -0.3 is 5.11 Å². The third-order valence-electron chi connectivity index (χ3n) is 3.58. The summed E-state index contributed by atoms with van der Waals surface area (Å²) in [6.07, 6.45) is 1.51. The van der Waals surface area contributed by atoms with Gasteiger partial charge in [-0.15, -0.1) is 0 Å². The van der Waals surface area contributed by atoms with Crippen LogP contribution in [0.4, 0.5) is 0 Å². The summed E-state index contributed by atoms with van der Waals surface area (Å²) in [6, 6.07) is -0.568. The van der Waals surface area contributed by atoms with E-state index in [4.69, 9.17) is 5.11 Å². The third kappa shape index (κ3) is 5.08. The summed E-state index contributed by atoms with van der Waals surface area (Å²) >= 11 is 0. The number of hydrogen-bond donors (Lipinski definition) is 2. The SMILES string of the molecule is CC1CCN(S(=O)(=O)NC(CC(=O)O)C(C)C)CC1. The molecule has 0 aromatic rings. The Morgan fingerprint density at radius 1 is 1.37 bits per heavy atom. The lowest BCUT2D eigenvalue weighted by atomic mass is 10.0. The van der Waals surface area contributed by atoms with Crippen LogP contribution in [0, 0.1) is 11.8 Å². The lowest BCUT2D eigenvalue weighted by Crippen LogP contribution is -2.50. The zero-order chi connectivity index (χ0) is 14.6. The van der Waals surface area contributed by atoms with E-state index in [-0.39, 0.29) is 12.3 Å². The average molecular weight is 292 g/mol. The maximum Gasteiger partial charge on any atom is 0.304 e. The van der Waals surface area contributed by atoms with Crippen molar-refractivity contribution < 1.29 is 18.3 Å². The molecule has 7 heteroatoms. The van der Waals surface area contributed by atoms with Crippen molar-refractivity contribution in [1.29, 1.82) is 0 Å². The molecule has 1 aliphatic rings. The first-order chi connectivity index (χ1) is 8.72. The second-order valence-electron chi connectivity index (χ2n) is 5.65. The van der Waals surface area contributed by atoms with Crippen molar-refractivity contribution >= 4 is 16.2 Å². The Morgan fingerprint density at radius 3 is 2.32 bits per heavy atom. The largest absolute Gasteiger partial charge is 0.481 e. The Hall–Kier alpha value is -0.660. The third-order valence-corrected chi connectivity index (χ3v) is 5.23. The summed E-state index contributed by atoms with van der Waals surface area (Å²) in [5.41, 5.74) is 0. The molecule has 0 amide bonds. The van der Waals surface area contributed by atoms with Crippen LogP contribution in [0.15, 0.2) is 0 Å². The van der Waals surface area contributed by atoms with Crippen LogP contribution >= 0.6 is 0 Å². The number of hydrogen-bond acceptors (Lipinski definition) is 3. The number of rotatable bonds is 6. The van der Waals surface area contributed by atoms with Crippen molar-refractivity contribution in [3.05, 3.63) is 0 Å². The molecule has 1 atom stereocenters. The minimum atomic E-state index is -3.58. The van der Waals surface area contributed by atoms with Crippen LogP contribution in [0.1, 0.15) is 40.0 Å². The molecule has 6 nitrogen and oxygen atoms in total. The highest BCUT2D eigenvalue weighted by molar-refractivity contribution is 7.87. The molecule has 112 valence electrons. The topological polar surface area (TPSA) is 86.7 Å². The van der Waals surface area contributed by atoms with Gasteiger partial charge in [0.15, 0.2) is 0 Å². The van der Waals surface area contributed by atoms with Gasteiger partial charge in [0.05, 0.1) is 6.42 Å². The summed E-state index contributed by atoms with van der Waals surface area (Å²) in [6.45, 7) is 6.75. The fraction of sp³-hybridized carbons (Fsp3) is 0.917. The molecule has 1 unspecified atom stereocenters. The van der Waals surface area contributed by atoms with E-state index in [0.717, 1.165) is 12.8 Å². The van der Waals surface area contributed by atoms with Crippen molar-refractivity contribution in [3.8, 4) is 0 Å². The summed E-state index contributed by atoms with van der Waals surface area (Å²) in [7, 11) is -3.58. The van der Waals surface area contributed by atoms with Crippen molar-refractivity contribution in [2.75, 3.05) is 13.1 Å². The fourth-order valence-electron chi connectivity index (χ4n) is 2.09. The molecule has 0 bridgehead atoms. The summed E-state index contributed by atoms with van der Waals surface area (Å²) in [5, 5.41) is 8.83. The van der Waals surface area contributed by atoms with Crippen LogP contribution in [0.25, 0.3) is 0 Å². The molecule has 1 fully saturated rings. The van der Waals surface area contributed by atoms with Crippen molar-refractivity contribution in [3.63, 3.8) is 0 Å². The Morgan fingerprint density at radius 2 is 1.89 bits per heavy atom. The van der Waals surface area contributed by atoms with E-state index in [2.05, 4.69) is 11.6 Å². The lowest BCUT2D eigenvalue weighted by Gasteiger charge is -2.31. The predicted octanol–water partition coefficient (Wildman–Crippen LogP) is 1.05. The van der Waals surface area contributed by atoms with Gasteiger partial charge in [0, 0.05) is 19.1 Å². The summed E-state index contributed by atoms with van der Waals surface area (Å²) in [5.74, 6) is -0.505. The lowest BCUT2D eigenvalue weighted by molar-refractivity contribution is -0.137. The highest BCUT2D eigenvalue weighted by Gasteiger charge is 2.30. The van der Waals surface area contributed by atoms with Crippen LogP contribution < -0.4 is 4.72 Å². The van der Waals surface area contributed by atoms with Gasteiger partial charge in [0.1, 0.15) is 0 Å². The summed E-state index contributed by atoms with van der Waals surface area (Å²) in [4.78, 5) is 10.8. The Kier molecular flexibility index (Phi) is 5.76. The first-order valence-electron chi connectivity index (χ1n) is 6.71. The number of piperidine rings is 1. The van der Waals surface area contributed by atoms with E-state index >= 15 is 0 Å². The van der Waals surface area contributed by atoms with Gasteiger partial charge in [-0.05, 0) is 24.7 Å². The molecule has 1 rings (SSSR count). The number of nitrogens with one attached hydrogen (secondary N) is 1. The normalized spacial score (nSPS) is 20.6. The van der Waals surface area contributed by atoms with Gasteiger partial charge in [-0.3, -0.25) is 4.79 Å². The molecular formula is C12H24N2O4S. The van der Waals surface area contributed by atoms with E-state index < -0.39 is 22.2 Å². The molecule has 0 radical (unpaired) electrons. The predicted molar refractivity (Wildman–Crippen MR) is 72.9 cm³/mol. The first kappa shape index (κ1) is 16.4. The molecule has 0 aromatic heterocycles. The molecule has 1 saturated heterocycles. The maximum absolute atomic E-state index is 12.2. The number of aliphatic carboxylic acids is 1. The molecule has 0 spiro atoms. The van der Waals surface area contributed by atoms with E-state index in [1.165, 1.54) is 4.31 Å². The van der Waals surface area contributed by atoms with Crippen LogP contribution in [0.3, 0.4) is 0 Å². The monoisotopic (exact) mass is 292 g/mol. The molecular weight excluding hydrogens is 268 g/mol. The smallest absolute Gasteiger partial charge is 0.304 e. The van der Waals surface area contributed by atoms with E-state index in [9.17, 15) is 13.2 Å². The molecule has 0 aliphatic carbocycles. The van der Waals surface area contributed by atoms with Crippen molar-refractivity contribution in [1.82, 2.24) is 9.03 Å². The second kappa shape index (κ2) is 6.67. The summed E-state index contributed by atoms with van der Waals surface area (Å²) < 4.78 is 28.4. The minimum absolute atomic E-state index is 0.0606. The molecule has 19 heavy (non-hydrogen) atoms. The average Bonchev–Trinajstić information content (AvgIpc) is 2.27. The van der Waals surface area contributed by atoms with Crippen LogP contribution in [-0.4, -0.2) is 42.9 Å². The molecule has 2 N–H and O–H groups in total. The zero-order valence-electron chi connectivity index (χ0n) is 11.8. The Labute approximate surface area is 115 Å². The van der Waals surface area contributed by atoms with E-state index in [1.807, 2.05) is 13.8 Å². The zero-order valence-corrected chi connectivity index (χ0v) is 12.6. The van der Waals surface area contributed by atoms with Gasteiger partial charge in [-0.1, -0.05) is 20.8 Å². The number of carboxylic acid groups (broad SMARTS) is 1. The molecule has 1 aliphatic heterocycles. The Bertz CT molecular complexity index is 400.